The number of hydrogen-bond acceptors (Lipinski definition) is 3. The zero-order valence-electron chi connectivity index (χ0n) is 9.47. The Hall–Kier alpha value is -1.31. The van der Waals surface area contributed by atoms with Crippen molar-refractivity contribution in [2.24, 2.45) is 11.7 Å². The van der Waals surface area contributed by atoms with Crippen molar-refractivity contribution in [2.75, 3.05) is 13.1 Å². The Balaban J connectivity index is 2.93. The third-order valence-electron chi connectivity index (χ3n) is 2.74. The molecule has 5 nitrogen and oxygen atoms in total. The quantitative estimate of drug-likeness (QED) is 0.717. The van der Waals surface area contributed by atoms with E-state index in [9.17, 15) is 22.8 Å². The Morgan fingerprint density at radius 3 is 2.35 bits per heavy atom. The molecule has 0 bridgehead atoms. The molecule has 98 valence electrons. The molecule has 0 aromatic carbocycles. The maximum absolute atomic E-state index is 12.7. The number of carbonyl (C=O) groups is 2. The fourth-order valence-corrected chi connectivity index (χ4v) is 1.44. The van der Waals surface area contributed by atoms with Gasteiger partial charge in [-0.2, -0.15) is 13.2 Å². The summed E-state index contributed by atoms with van der Waals surface area (Å²) in [5.74, 6) is -1.53. The summed E-state index contributed by atoms with van der Waals surface area (Å²) in [6, 6.07) is -1.03. The van der Waals surface area contributed by atoms with Crippen LogP contribution in [0.1, 0.15) is 13.8 Å². The van der Waals surface area contributed by atoms with E-state index >= 15 is 0 Å². The highest BCUT2D eigenvalue weighted by Crippen LogP contribution is 2.35. The van der Waals surface area contributed by atoms with E-state index in [1.807, 2.05) is 0 Å². The molecule has 8 heteroatoms. The highest BCUT2D eigenvalue weighted by Gasteiger charge is 2.64. The van der Waals surface area contributed by atoms with Crippen molar-refractivity contribution >= 4 is 11.9 Å². The van der Waals surface area contributed by atoms with Crippen LogP contribution in [0.15, 0.2) is 0 Å². The van der Waals surface area contributed by atoms with Crippen molar-refractivity contribution in [1.82, 2.24) is 10.2 Å². The molecule has 0 aromatic rings. The first-order valence-electron chi connectivity index (χ1n) is 5.04. The zero-order chi connectivity index (χ0) is 13.4. The Labute approximate surface area is 96.1 Å². The summed E-state index contributed by atoms with van der Waals surface area (Å²) in [6.45, 7) is 2.36. The molecule has 1 fully saturated rings. The van der Waals surface area contributed by atoms with Gasteiger partial charge in [0.1, 0.15) is 0 Å². The van der Waals surface area contributed by atoms with Gasteiger partial charge in [0.05, 0.1) is 0 Å². The van der Waals surface area contributed by atoms with Crippen molar-refractivity contribution < 1.29 is 22.8 Å². The Kier molecular flexibility index (Phi) is 3.37. The van der Waals surface area contributed by atoms with E-state index in [4.69, 9.17) is 5.73 Å². The number of nitrogens with one attached hydrogen (secondary N) is 1. The molecule has 17 heavy (non-hydrogen) atoms. The van der Waals surface area contributed by atoms with Gasteiger partial charge < -0.3 is 11.1 Å². The molecule has 3 N–H and O–H groups in total. The van der Waals surface area contributed by atoms with Gasteiger partial charge in [-0.1, -0.05) is 6.92 Å². The molecule has 0 radical (unpaired) electrons. The number of carbonyl (C=O) groups excluding carboxylic acids is 2. The Morgan fingerprint density at radius 2 is 2.00 bits per heavy atom. The standard InChI is InChI=1S/C9H14F3N3O2/c1-5(3-13)4-15-6(16)8(2,9(10,11)12)14-7(15)17/h5H,3-4,13H2,1-2H3,(H,14,17). The second-order valence-corrected chi connectivity index (χ2v) is 4.31. The number of urea groups is 1. The minimum absolute atomic E-state index is 0.118. The third-order valence-corrected chi connectivity index (χ3v) is 2.74. The van der Waals surface area contributed by atoms with Gasteiger partial charge in [-0.3, -0.25) is 9.69 Å². The summed E-state index contributed by atoms with van der Waals surface area (Å²) >= 11 is 0. The van der Waals surface area contributed by atoms with Crippen LogP contribution in [0.3, 0.4) is 0 Å². The minimum atomic E-state index is -4.82. The topological polar surface area (TPSA) is 75.4 Å². The van der Waals surface area contributed by atoms with Crippen LogP contribution < -0.4 is 11.1 Å². The smallest absolute Gasteiger partial charge is 0.330 e. The summed E-state index contributed by atoms with van der Waals surface area (Å²) in [5, 5.41) is 1.67. The van der Waals surface area contributed by atoms with Crippen molar-refractivity contribution in [3.8, 4) is 0 Å². The molecule has 0 aromatic heterocycles. The van der Waals surface area contributed by atoms with Gasteiger partial charge in [0, 0.05) is 6.54 Å². The highest BCUT2D eigenvalue weighted by molar-refractivity contribution is 6.07. The van der Waals surface area contributed by atoms with Crippen LogP contribution in [-0.4, -0.2) is 41.6 Å². The molecule has 0 aliphatic carbocycles. The van der Waals surface area contributed by atoms with E-state index in [1.165, 1.54) is 0 Å². The first kappa shape index (κ1) is 13.8. The normalized spacial score (nSPS) is 27.3. The summed E-state index contributed by atoms with van der Waals surface area (Å²) in [5.41, 5.74) is 2.47. The van der Waals surface area contributed by atoms with E-state index < -0.39 is 23.7 Å². The minimum Gasteiger partial charge on any atom is -0.330 e. The maximum Gasteiger partial charge on any atom is 0.420 e. The number of halogens is 3. The SMILES string of the molecule is CC(CN)CN1C(=O)NC(C)(C(F)(F)F)C1=O. The van der Waals surface area contributed by atoms with Crippen LogP contribution in [0, 0.1) is 5.92 Å². The monoisotopic (exact) mass is 253 g/mol. The lowest BCUT2D eigenvalue weighted by atomic mass is 10.0. The molecule has 1 rings (SSSR count). The number of nitrogens with two attached hydrogens (primary N) is 1. The van der Waals surface area contributed by atoms with Crippen molar-refractivity contribution in [2.45, 2.75) is 25.6 Å². The van der Waals surface area contributed by atoms with Gasteiger partial charge in [0.25, 0.3) is 5.91 Å². The van der Waals surface area contributed by atoms with E-state index in [0.717, 1.165) is 0 Å². The van der Waals surface area contributed by atoms with Gasteiger partial charge in [0.15, 0.2) is 0 Å². The number of nitrogens with zero attached hydrogens (tertiary/aromatic N) is 1. The van der Waals surface area contributed by atoms with E-state index in [2.05, 4.69) is 0 Å². The summed E-state index contributed by atoms with van der Waals surface area (Å²) in [4.78, 5) is 23.5. The summed E-state index contributed by atoms with van der Waals surface area (Å²) in [7, 11) is 0. The molecular formula is C9H14F3N3O2. The molecule has 1 heterocycles. The zero-order valence-corrected chi connectivity index (χ0v) is 9.47. The maximum atomic E-state index is 12.7. The summed E-state index contributed by atoms with van der Waals surface area (Å²) < 4.78 is 38.0. The van der Waals surface area contributed by atoms with Crippen molar-refractivity contribution in [3.63, 3.8) is 0 Å². The molecular weight excluding hydrogens is 239 g/mol. The lowest BCUT2D eigenvalue weighted by Crippen LogP contribution is -2.56. The molecule has 1 saturated heterocycles. The van der Waals surface area contributed by atoms with Crippen LogP contribution in [-0.2, 0) is 4.79 Å². The van der Waals surface area contributed by atoms with Gasteiger partial charge in [-0.25, -0.2) is 4.79 Å². The third kappa shape index (κ3) is 2.21. The molecule has 3 amide bonds. The fourth-order valence-electron chi connectivity index (χ4n) is 1.44. The molecule has 1 aliphatic rings. The average molecular weight is 253 g/mol. The largest absolute Gasteiger partial charge is 0.420 e. The number of hydrogen-bond donors (Lipinski definition) is 2. The fraction of sp³-hybridized carbons (Fsp3) is 0.778. The highest BCUT2D eigenvalue weighted by atomic mass is 19.4. The first-order valence-corrected chi connectivity index (χ1v) is 5.04. The lowest BCUT2D eigenvalue weighted by Gasteiger charge is -2.24. The first-order chi connectivity index (χ1) is 7.63. The number of alkyl halides is 3. The van der Waals surface area contributed by atoms with Gasteiger partial charge in [-0.15, -0.1) is 0 Å². The van der Waals surface area contributed by atoms with Crippen LogP contribution in [0.4, 0.5) is 18.0 Å². The van der Waals surface area contributed by atoms with Crippen LogP contribution in [0.25, 0.3) is 0 Å². The van der Waals surface area contributed by atoms with E-state index in [-0.39, 0.29) is 19.0 Å². The predicted octanol–water partition coefficient (Wildman–Crippen LogP) is 0.454. The van der Waals surface area contributed by atoms with Crippen molar-refractivity contribution in [3.05, 3.63) is 0 Å². The predicted molar refractivity (Wildman–Crippen MR) is 52.9 cm³/mol. The molecule has 0 spiro atoms. The molecule has 1 aliphatic heterocycles. The van der Waals surface area contributed by atoms with Gasteiger partial charge >= 0.3 is 12.2 Å². The Morgan fingerprint density at radius 1 is 1.47 bits per heavy atom. The van der Waals surface area contributed by atoms with Crippen LogP contribution in [0.2, 0.25) is 0 Å². The lowest BCUT2D eigenvalue weighted by molar-refractivity contribution is -0.191. The summed E-state index contributed by atoms with van der Waals surface area (Å²) in [6.07, 6.45) is -4.82. The van der Waals surface area contributed by atoms with E-state index in [0.29, 0.717) is 11.8 Å². The van der Waals surface area contributed by atoms with Gasteiger partial charge in [0.2, 0.25) is 5.54 Å². The van der Waals surface area contributed by atoms with Crippen LogP contribution in [0.5, 0.6) is 0 Å². The van der Waals surface area contributed by atoms with E-state index in [1.54, 1.807) is 12.2 Å². The number of rotatable bonds is 3. The Bertz CT molecular complexity index is 345. The average Bonchev–Trinajstić information content (AvgIpc) is 2.42. The molecule has 0 saturated carbocycles. The second kappa shape index (κ2) is 4.17. The molecule has 2 atom stereocenters. The van der Waals surface area contributed by atoms with Crippen molar-refractivity contribution in [1.29, 1.82) is 0 Å². The molecule has 2 unspecified atom stereocenters. The van der Waals surface area contributed by atoms with Crippen LogP contribution >= 0.6 is 0 Å². The number of imide groups is 1. The number of amides is 3. The second-order valence-electron chi connectivity index (χ2n) is 4.31. The van der Waals surface area contributed by atoms with Gasteiger partial charge in [-0.05, 0) is 19.4 Å².